The van der Waals surface area contributed by atoms with Crippen molar-refractivity contribution in [3.8, 4) is 0 Å². The molecule has 0 unspecified atom stereocenters. The number of benzene rings is 1. The molecule has 0 spiro atoms. The first-order valence-electron chi connectivity index (χ1n) is 9.66. The van der Waals surface area contributed by atoms with Crippen LogP contribution in [-0.4, -0.2) is 55.5 Å². The minimum atomic E-state index is -0.683. The van der Waals surface area contributed by atoms with Gasteiger partial charge in [-0.25, -0.2) is 10.0 Å². The van der Waals surface area contributed by atoms with E-state index in [2.05, 4.69) is 10.4 Å². The zero-order valence-electron chi connectivity index (χ0n) is 17.7. The molecular weight excluding hydrogens is 440 g/mol. The number of halogens is 1. The number of carbonyl (C=O) groups excluding carboxylic acids is 3. The van der Waals surface area contributed by atoms with Crippen LogP contribution in [0, 0.1) is 17.0 Å². The molecule has 1 N–H and O–H groups in total. The Labute approximate surface area is 188 Å². The van der Waals surface area contributed by atoms with Crippen LogP contribution in [0.5, 0.6) is 0 Å². The third kappa shape index (κ3) is 4.62. The number of aromatic nitrogens is 2. The van der Waals surface area contributed by atoms with Crippen molar-refractivity contribution in [2.75, 3.05) is 18.4 Å². The summed E-state index contributed by atoms with van der Waals surface area (Å²) in [6, 6.07) is 3.75. The van der Waals surface area contributed by atoms with Crippen LogP contribution in [0.1, 0.15) is 35.0 Å². The molecule has 1 fully saturated rings. The maximum absolute atomic E-state index is 13.0. The minimum absolute atomic E-state index is 0.0138. The number of carbonyl (C=O) groups is 3. The molecule has 1 aromatic carbocycles. The summed E-state index contributed by atoms with van der Waals surface area (Å²) in [5.41, 5.74) is 0.858. The van der Waals surface area contributed by atoms with Gasteiger partial charge in [-0.15, -0.1) is 0 Å². The van der Waals surface area contributed by atoms with Crippen molar-refractivity contribution >= 4 is 46.8 Å². The van der Waals surface area contributed by atoms with E-state index in [1.807, 2.05) is 0 Å². The SMILES string of the molecule is CC(=O)Nc1ccc(C(=O)N2CCCN2C(=O)/C=C/c2c(C)nn(C)c2Cl)cc1[N+](=O)[O-]. The molecule has 1 aromatic heterocycles. The number of nitro groups is 1. The molecule has 0 atom stereocenters. The molecule has 3 amide bonds. The zero-order valence-corrected chi connectivity index (χ0v) is 18.4. The Kier molecular flexibility index (Phi) is 6.58. The lowest BCUT2D eigenvalue weighted by Crippen LogP contribution is -2.44. The van der Waals surface area contributed by atoms with Gasteiger partial charge in [-0.3, -0.25) is 29.2 Å². The molecule has 2 heterocycles. The van der Waals surface area contributed by atoms with Crippen LogP contribution in [0.4, 0.5) is 11.4 Å². The molecule has 12 heteroatoms. The fourth-order valence-corrected chi connectivity index (χ4v) is 3.63. The van der Waals surface area contributed by atoms with Gasteiger partial charge in [-0.2, -0.15) is 5.10 Å². The van der Waals surface area contributed by atoms with Gasteiger partial charge in [0, 0.05) is 50.3 Å². The quantitative estimate of drug-likeness (QED) is 0.414. The minimum Gasteiger partial charge on any atom is -0.321 e. The summed E-state index contributed by atoms with van der Waals surface area (Å²) in [4.78, 5) is 47.8. The summed E-state index contributed by atoms with van der Waals surface area (Å²) in [6.45, 7) is 3.59. The highest BCUT2D eigenvalue weighted by Gasteiger charge is 2.31. The molecule has 32 heavy (non-hydrogen) atoms. The summed E-state index contributed by atoms with van der Waals surface area (Å²) >= 11 is 6.18. The number of hydrogen-bond donors (Lipinski definition) is 1. The number of hydrazine groups is 1. The first-order chi connectivity index (χ1) is 15.1. The Morgan fingerprint density at radius 3 is 2.53 bits per heavy atom. The smallest absolute Gasteiger partial charge is 0.293 e. The largest absolute Gasteiger partial charge is 0.321 e. The summed E-state index contributed by atoms with van der Waals surface area (Å²) in [5, 5.41) is 20.8. The molecule has 3 rings (SSSR count). The average molecular weight is 461 g/mol. The average Bonchev–Trinajstić information content (AvgIpc) is 3.31. The highest BCUT2D eigenvalue weighted by Crippen LogP contribution is 2.27. The van der Waals surface area contributed by atoms with Crippen LogP contribution in [0.2, 0.25) is 5.15 Å². The molecule has 168 valence electrons. The lowest BCUT2D eigenvalue weighted by atomic mass is 10.1. The van der Waals surface area contributed by atoms with Crippen LogP contribution in [-0.2, 0) is 16.6 Å². The van der Waals surface area contributed by atoms with E-state index < -0.39 is 28.3 Å². The van der Waals surface area contributed by atoms with Crippen LogP contribution in [0.15, 0.2) is 24.3 Å². The second-order valence-corrected chi connectivity index (χ2v) is 7.52. The number of amides is 3. The second-order valence-electron chi connectivity index (χ2n) is 7.16. The molecular formula is C20H21ClN6O5. The van der Waals surface area contributed by atoms with Gasteiger partial charge in [-0.1, -0.05) is 11.6 Å². The van der Waals surface area contributed by atoms with Gasteiger partial charge in [0.25, 0.3) is 17.5 Å². The lowest BCUT2D eigenvalue weighted by molar-refractivity contribution is -0.384. The molecule has 0 radical (unpaired) electrons. The lowest BCUT2D eigenvalue weighted by Gasteiger charge is -2.27. The van der Waals surface area contributed by atoms with Crippen LogP contribution < -0.4 is 5.32 Å². The van der Waals surface area contributed by atoms with Crippen molar-refractivity contribution < 1.29 is 19.3 Å². The van der Waals surface area contributed by atoms with E-state index in [4.69, 9.17) is 11.6 Å². The van der Waals surface area contributed by atoms with E-state index in [9.17, 15) is 24.5 Å². The van der Waals surface area contributed by atoms with E-state index in [1.54, 1.807) is 20.0 Å². The van der Waals surface area contributed by atoms with Gasteiger partial charge >= 0.3 is 0 Å². The fourth-order valence-electron chi connectivity index (χ4n) is 3.39. The van der Waals surface area contributed by atoms with Gasteiger partial charge < -0.3 is 5.32 Å². The number of rotatable bonds is 5. The van der Waals surface area contributed by atoms with Crippen LogP contribution >= 0.6 is 11.6 Å². The highest BCUT2D eigenvalue weighted by molar-refractivity contribution is 6.31. The number of anilines is 1. The Bertz CT molecular complexity index is 1140. The summed E-state index contributed by atoms with van der Waals surface area (Å²) in [5.74, 6) is -1.46. The maximum Gasteiger partial charge on any atom is 0.293 e. The second kappa shape index (κ2) is 9.18. The van der Waals surface area contributed by atoms with Gasteiger partial charge in [0.2, 0.25) is 5.91 Å². The van der Waals surface area contributed by atoms with E-state index in [1.165, 1.54) is 39.8 Å². The van der Waals surface area contributed by atoms with Crippen molar-refractivity contribution in [3.05, 3.63) is 56.4 Å². The zero-order chi connectivity index (χ0) is 23.6. The third-order valence-corrected chi connectivity index (χ3v) is 5.31. The molecule has 1 aliphatic heterocycles. The Hall–Kier alpha value is -3.73. The van der Waals surface area contributed by atoms with Gasteiger partial charge in [-0.05, 0) is 31.6 Å². The predicted molar refractivity (Wildman–Crippen MR) is 117 cm³/mol. The van der Waals surface area contributed by atoms with E-state index in [0.29, 0.717) is 29.4 Å². The third-order valence-electron chi connectivity index (χ3n) is 4.86. The molecule has 0 saturated carbocycles. The van der Waals surface area contributed by atoms with Crippen LogP contribution in [0.3, 0.4) is 0 Å². The molecule has 2 aromatic rings. The Morgan fingerprint density at radius 2 is 1.94 bits per heavy atom. The first kappa shape index (κ1) is 22.9. The number of hydrogen-bond acceptors (Lipinski definition) is 6. The molecule has 0 aliphatic carbocycles. The van der Waals surface area contributed by atoms with E-state index in [-0.39, 0.29) is 17.8 Å². The maximum atomic E-state index is 13.0. The van der Waals surface area contributed by atoms with Gasteiger partial charge in [0.1, 0.15) is 10.8 Å². The van der Waals surface area contributed by atoms with Gasteiger partial charge in [0.05, 0.1) is 10.6 Å². The Balaban J connectivity index is 1.83. The number of nitro benzene ring substituents is 1. The molecule has 1 aliphatic rings. The summed E-state index contributed by atoms with van der Waals surface area (Å²) < 4.78 is 1.49. The summed E-state index contributed by atoms with van der Waals surface area (Å²) in [6.07, 6.45) is 3.41. The normalized spacial score (nSPS) is 13.6. The number of nitrogens with one attached hydrogen (secondary N) is 1. The molecule has 0 bridgehead atoms. The highest BCUT2D eigenvalue weighted by atomic mass is 35.5. The van der Waals surface area contributed by atoms with E-state index in [0.717, 1.165) is 6.07 Å². The predicted octanol–water partition coefficient (Wildman–Crippen LogP) is 2.55. The van der Waals surface area contributed by atoms with Crippen molar-refractivity contribution in [2.24, 2.45) is 7.05 Å². The van der Waals surface area contributed by atoms with E-state index >= 15 is 0 Å². The van der Waals surface area contributed by atoms with Crippen molar-refractivity contribution in [1.29, 1.82) is 0 Å². The van der Waals surface area contributed by atoms with Crippen molar-refractivity contribution in [1.82, 2.24) is 19.8 Å². The molecule has 1 saturated heterocycles. The van der Waals surface area contributed by atoms with Gasteiger partial charge in [0.15, 0.2) is 0 Å². The monoisotopic (exact) mass is 460 g/mol. The first-order valence-corrected chi connectivity index (χ1v) is 10.0. The topological polar surface area (TPSA) is 131 Å². The fraction of sp³-hybridized carbons (Fsp3) is 0.300. The summed E-state index contributed by atoms with van der Waals surface area (Å²) in [7, 11) is 1.69. The van der Waals surface area contributed by atoms with Crippen molar-refractivity contribution in [2.45, 2.75) is 20.3 Å². The number of aryl methyl sites for hydroxylation is 2. The molecule has 11 nitrogen and oxygen atoms in total. The number of nitrogens with zero attached hydrogens (tertiary/aromatic N) is 5. The Morgan fingerprint density at radius 1 is 1.25 bits per heavy atom. The van der Waals surface area contributed by atoms with Crippen molar-refractivity contribution in [3.63, 3.8) is 0 Å². The van der Waals surface area contributed by atoms with Crippen LogP contribution in [0.25, 0.3) is 6.08 Å². The standard InChI is InChI=1S/C20H21ClN6O5/c1-12-15(19(21)24(3)23-12)6-8-18(29)25-9-4-10-26(25)20(30)14-5-7-16(22-13(2)28)17(11-14)27(31)32/h5-8,11H,4,9-10H2,1-3H3,(H,22,28)/b8-6+.